The van der Waals surface area contributed by atoms with Crippen LogP contribution in [0, 0.1) is 13.8 Å². The van der Waals surface area contributed by atoms with E-state index in [-0.39, 0.29) is 0 Å². The number of rotatable bonds is 0. The van der Waals surface area contributed by atoms with E-state index >= 15 is 0 Å². The van der Waals surface area contributed by atoms with Crippen LogP contribution in [-0.2, 0) is 7.05 Å². The Morgan fingerprint density at radius 2 is 1.88 bits per heavy atom. The summed E-state index contributed by atoms with van der Waals surface area (Å²) in [6.07, 6.45) is 0. The molecule has 1 aromatic carbocycles. The van der Waals surface area contributed by atoms with E-state index in [0.29, 0.717) is 5.82 Å². The number of hydrogen-bond acceptors (Lipinski definition) is 2. The number of fused-ring (bicyclic) bond motifs is 3. The second kappa shape index (κ2) is 3.23. The highest BCUT2D eigenvalue weighted by atomic mass is 15.0. The fraction of sp³-hybridized carbons (Fsp3) is 0.214. The van der Waals surface area contributed by atoms with E-state index in [9.17, 15) is 0 Å². The van der Waals surface area contributed by atoms with Crippen LogP contribution in [0.1, 0.15) is 11.3 Å². The Balaban J connectivity index is 2.68. The van der Waals surface area contributed by atoms with Gasteiger partial charge in [0.1, 0.15) is 5.82 Å². The zero-order valence-electron chi connectivity index (χ0n) is 10.3. The van der Waals surface area contributed by atoms with Crippen molar-refractivity contribution in [1.29, 1.82) is 0 Å². The fourth-order valence-corrected chi connectivity index (χ4v) is 2.75. The minimum absolute atomic E-state index is 0.587. The zero-order chi connectivity index (χ0) is 12.2. The summed E-state index contributed by atoms with van der Waals surface area (Å²) < 4.78 is 2.21. The molecule has 0 saturated heterocycles. The highest BCUT2D eigenvalue weighted by Crippen LogP contribution is 2.32. The summed E-state index contributed by atoms with van der Waals surface area (Å²) in [5.41, 5.74) is 10.5. The second-order valence-corrected chi connectivity index (χ2v) is 4.56. The molecule has 0 saturated carbocycles. The molecule has 2 aromatic heterocycles. The minimum atomic E-state index is 0.587. The van der Waals surface area contributed by atoms with Gasteiger partial charge in [0.05, 0.1) is 16.7 Å². The Bertz CT molecular complexity index is 738. The highest BCUT2D eigenvalue weighted by molar-refractivity contribution is 6.10. The summed E-state index contributed by atoms with van der Waals surface area (Å²) in [4.78, 5) is 4.34. The topological polar surface area (TPSA) is 43.8 Å². The third-order valence-electron chi connectivity index (χ3n) is 3.39. The van der Waals surface area contributed by atoms with Crippen LogP contribution in [0.25, 0.3) is 21.8 Å². The van der Waals surface area contributed by atoms with Crippen LogP contribution >= 0.6 is 0 Å². The van der Waals surface area contributed by atoms with Gasteiger partial charge in [-0.2, -0.15) is 0 Å². The van der Waals surface area contributed by atoms with Crippen LogP contribution in [0.4, 0.5) is 5.82 Å². The molecule has 0 fully saturated rings. The first-order valence-corrected chi connectivity index (χ1v) is 5.70. The number of pyridine rings is 1. The lowest BCUT2D eigenvalue weighted by molar-refractivity contribution is 0.993. The smallest absolute Gasteiger partial charge is 0.124 e. The molecule has 2 heterocycles. The van der Waals surface area contributed by atoms with E-state index in [1.807, 2.05) is 13.0 Å². The minimum Gasteiger partial charge on any atom is -0.384 e. The van der Waals surface area contributed by atoms with Gasteiger partial charge in [0.2, 0.25) is 0 Å². The summed E-state index contributed by atoms with van der Waals surface area (Å²) in [6, 6.07) is 8.32. The standard InChI is InChI=1S/C14H15N3/c1-8-5-4-6-10-11-7-12(15)16-9(2)14(11)17(3)13(8)10/h4-7H,1-3H3,(H2,15,16). The number of aromatic nitrogens is 2. The Morgan fingerprint density at radius 3 is 2.65 bits per heavy atom. The lowest BCUT2D eigenvalue weighted by atomic mass is 10.1. The van der Waals surface area contributed by atoms with Crippen molar-refractivity contribution in [3.8, 4) is 0 Å². The van der Waals surface area contributed by atoms with Crippen LogP contribution < -0.4 is 5.73 Å². The summed E-state index contributed by atoms with van der Waals surface area (Å²) in [7, 11) is 2.09. The van der Waals surface area contributed by atoms with Gasteiger partial charge in [-0.25, -0.2) is 4.98 Å². The lowest BCUT2D eigenvalue weighted by Crippen LogP contribution is -1.96. The van der Waals surface area contributed by atoms with Crippen molar-refractivity contribution in [2.24, 2.45) is 7.05 Å². The molecule has 3 nitrogen and oxygen atoms in total. The van der Waals surface area contributed by atoms with E-state index in [0.717, 1.165) is 5.69 Å². The Labute approximate surface area is 99.9 Å². The summed E-state index contributed by atoms with van der Waals surface area (Å²) in [6.45, 7) is 4.14. The maximum Gasteiger partial charge on any atom is 0.124 e. The van der Waals surface area contributed by atoms with Crippen LogP contribution in [0.5, 0.6) is 0 Å². The second-order valence-electron chi connectivity index (χ2n) is 4.56. The highest BCUT2D eigenvalue weighted by Gasteiger charge is 2.12. The average molecular weight is 225 g/mol. The number of aryl methyl sites for hydroxylation is 3. The normalized spacial score (nSPS) is 11.5. The molecule has 0 amide bonds. The van der Waals surface area contributed by atoms with Crippen molar-refractivity contribution < 1.29 is 0 Å². The quantitative estimate of drug-likeness (QED) is 0.639. The van der Waals surface area contributed by atoms with Gasteiger partial charge in [0.15, 0.2) is 0 Å². The van der Waals surface area contributed by atoms with Crippen LogP contribution in [0.2, 0.25) is 0 Å². The molecular formula is C14H15N3. The molecule has 2 N–H and O–H groups in total. The van der Waals surface area contributed by atoms with E-state index < -0.39 is 0 Å². The monoisotopic (exact) mass is 225 g/mol. The SMILES string of the molecule is Cc1cccc2c3cc(N)nc(C)c3n(C)c12. The molecule has 86 valence electrons. The maximum atomic E-state index is 5.84. The Hall–Kier alpha value is -2.03. The van der Waals surface area contributed by atoms with Crippen molar-refractivity contribution >= 4 is 27.6 Å². The molecule has 17 heavy (non-hydrogen) atoms. The first-order chi connectivity index (χ1) is 8.09. The summed E-state index contributed by atoms with van der Waals surface area (Å²) in [5, 5.41) is 2.44. The molecular weight excluding hydrogens is 210 g/mol. The first-order valence-electron chi connectivity index (χ1n) is 5.70. The largest absolute Gasteiger partial charge is 0.384 e. The molecule has 0 spiro atoms. The number of anilines is 1. The Morgan fingerprint density at radius 1 is 1.12 bits per heavy atom. The molecule has 0 radical (unpaired) electrons. The van der Waals surface area contributed by atoms with Crippen LogP contribution in [-0.4, -0.2) is 9.55 Å². The molecule has 0 bridgehead atoms. The summed E-state index contributed by atoms with van der Waals surface area (Å²) in [5.74, 6) is 0.587. The summed E-state index contributed by atoms with van der Waals surface area (Å²) >= 11 is 0. The van der Waals surface area contributed by atoms with Gasteiger partial charge in [0.25, 0.3) is 0 Å². The molecule has 0 aliphatic heterocycles. The van der Waals surface area contributed by atoms with E-state index in [1.54, 1.807) is 0 Å². The van der Waals surface area contributed by atoms with Gasteiger partial charge >= 0.3 is 0 Å². The van der Waals surface area contributed by atoms with E-state index in [1.165, 1.54) is 27.4 Å². The predicted molar refractivity (Wildman–Crippen MR) is 72.1 cm³/mol. The lowest BCUT2D eigenvalue weighted by Gasteiger charge is -2.03. The van der Waals surface area contributed by atoms with Gasteiger partial charge in [-0.05, 0) is 25.5 Å². The van der Waals surface area contributed by atoms with Crippen molar-refractivity contribution in [3.05, 3.63) is 35.5 Å². The number of nitrogens with zero attached hydrogens (tertiary/aromatic N) is 2. The molecule has 3 heteroatoms. The number of benzene rings is 1. The molecule has 3 aromatic rings. The Kier molecular flexibility index (Phi) is 1.93. The van der Waals surface area contributed by atoms with Gasteiger partial charge in [-0.15, -0.1) is 0 Å². The van der Waals surface area contributed by atoms with Crippen LogP contribution in [0.3, 0.4) is 0 Å². The van der Waals surface area contributed by atoms with Gasteiger partial charge in [-0.1, -0.05) is 18.2 Å². The van der Waals surface area contributed by atoms with Gasteiger partial charge in [-0.3, -0.25) is 0 Å². The average Bonchev–Trinajstić information content (AvgIpc) is 2.54. The first kappa shape index (κ1) is 10.1. The van der Waals surface area contributed by atoms with Gasteiger partial charge in [0, 0.05) is 17.8 Å². The molecule has 0 unspecified atom stereocenters. The molecule has 0 aliphatic rings. The number of nitrogen functional groups attached to an aromatic ring is 1. The molecule has 0 aliphatic carbocycles. The van der Waals surface area contributed by atoms with E-state index in [2.05, 4.69) is 41.7 Å². The van der Waals surface area contributed by atoms with Crippen molar-refractivity contribution in [1.82, 2.24) is 9.55 Å². The van der Waals surface area contributed by atoms with Crippen molar-refractivity contribution in [2.75, 3.05) is 5.73 Å². The fourth-order valence-electron chi connectivity index (χ4n) is 2.75. The zero-order valence-corrected chi connectivity index (χ0v) is 10.3. The number of para-hydroxylation sites is 1. The predicted octanol–water partition coefficient (Wildman–Crippen LogP) is 2.93. The van der Waals surface area contributed by atoms with Gasteiger partial charge < -0.3 is 10.3 Å². The van der Waals surface area contributed by atoms with Crippen molar-refractivity contribution in [2.45, 2.75) is 13.8 Å². The maximum absolute atomic E-state index is 5.84. The van der Waals surface area contributed by atoms with Crippen LogP contribution in [0.15, 0.2) is 24.3 Å². The van der Waals surface area contributed by atoms with E-state index in [4.69, 9.17) is 5.73 Å². The molecule has 3 rings (SSSR count). The number of nitrogens with two attached hydrogens (primary N) is 1. The van der Waals surface area contributed by atoms with Crippen molar-refractivity contribution in [3.63, 3.8) is 0 Å². The third-order valence-corrected chi connectivity index (χ3v) is 3.39. The molecule has 0 atom stereocenters. The number of hydrogen-bond donors (Lipinski definition) is 1. The third kappa shape index (κ3) is 1.25.